The average Bonchev–Trinajstić information content (AvgIpc) is 2.12. The highest BCUT2D eigenvalue weighted by Crippen LogP contribution is 2.48. The summed E-state index contributed by atoms with van der Waals surface area (Å²) in [6, 6.07) is 1.34. The van der Waals surface area contributed by atoms with Crippen molar-refractivity contribution in [2.45, 2.75) is 31.7 Å². The van der Waals surface area contributed by atoms with Gasteiger partial charge < -0.3 is 15.9 Å². The third-order valence-electron chi connectivity index (χ3n) is 3.22. The molecule has 0 aromatic heterocycles. The Morgan fingerprint density at radius 3 is 2.47 bits per heavy atom. The predicted molar refractivity (Wildman–Crippen MR) is 59.2 cm³/mol. The maximum absolute atomic E-state index is 9.81. The molecular weight excluding hydrogens is 214 g/mol. The Kier molecular flexibility index (Phi) is 2.32. The first-order valence-corrected chi connectivity index (χ1v) is 5.34. The van der Waals surface area contributed by atoms with E-state index in [9.17, 15) is 10.2 Å². The van der Waals surface area contributed by atoms with Gasteiger partial charge in [-0.25, -0.2) is 0 Å². The molecule has 1 aromatic rings. The van der Waals surface area contributed by atoms with Gasteiger partial charge in [0.05, 0.1) is 0 Å². The van der Waals surface area contributed by atoms with Crippen LogP contribution in [0.2, 0.25) is 5.02 Å². The van der Waals surface area contributed by atoms with Gasteiger partial charge in [-0.15, -0.1) is 0 Å². The molecule has 0 amide bonds. The van der Waals surface area contributed by atoms with Crippen LogP contribution in [-0.2, 0) is 5.54 Å². The summed E-state index contributed by atoms with van der Waals surface area (Å²) >= 11 is 5.95. The Labute approximate surface area is 93.5 Å². The lowest BCUT2D eigenvalue weighted by Gasteiger charge is -2.40. The van der Waals surface area contributed by atoms with Crippen LogP contribution in [0.1, 0.15) is 30.4 Å². The van der Waals surface area contributed by atoms with Gasteiger partial charge in [0.25, 0.3) is 0 Å². The molecule has 0 heterocycles. The van der Waals surface area contributed by atoms with Crippen molar-refractivity contribution in [3.8, 4) is 11.5 Å². The van der Waals surface area contributed by atoms with Gasteiger partial charge in [-0.1, -0.05) is 11.6 Å². The van der Waals surface area contributed by atoms with Crippen molar-refractivity contribution in [3.63, 3.8) is 0 Å². The topological polar surface area (TPSA) is 66.5 Å². The van der Waals surface area contributed by atoms with Gasteiger partial charge in [0, 0.05) is 22.2 Å². The van der Waals surface area contributed by atoms with E-state index in [1.807, 2.05) is 6.92 Å². The molecule has 1 fully saturated rings. The van der Waals surface area contributed by atoms with Crippen molar-refractivity contribution < 1.29 is 10.2 Å². The van der Waals surface area contributed by atoms with Crippen LogP contribution in [0.4, 0.5) is 0 Å². The first-order chi connectivity index (χ1) is 6.96. The number of rotatable bonds is 1. The van der Waals surface area contributed by atoms with Crippen molar-refractivity contribution in [1.82, 2.24) is 0 Å². The molecule has 0 spiro atoms. The Balaban J connectivity index is 2.63. The molecule has 0 atom stereocenters. The highest BCUT2D eigenvalue weighted by atomic mass is 35.5. The molecule has 0 bridgehead atoms. The fourth-order valence-corrected chi connectivity index (χ4v) is 2.34. The minimum Gasteiger partial charge on any atom is -0.504 e. The van der Waals surface area contributed by atoms with Gasteiger partial charge in [-0.05, 0) is 31.7 Å². The van der Waals surface area contributed by atoms with E-state index in [0.717, 1.165) is 24.8 Å². The van der Waals surface area contributed by atoms with Crippen LogP contribution < -0.4 is 5.73 Å². The zero-order valence-electron chi connectivity index (χ0n) is 8.55. The normalized spacial score (nSPS) is 18.6. The van der Waals surface area contributed by atoms with E-state index in [4.69, 9.17) is 17.3 Å². The zero-order valence-corrected chi connectivity index (χ0v) is 9.30. The Morgan fingerprint density at radius 2 is 2.00 bits per heavy atom. The van der Waals surface area contributed by atoms with E-state index in [0.29, 0.717) is 10.6 Å². The second kappa shape index (κ2) is 3.29. The predicted octanol–water partition coefficient (Wildman–Crippen LogP) is 2.40. The van der Waals surface area contributed by atoms with Crippen molar-refractivity contribution in [1.29, 1.82) is 0 Å². The van der Waals surface area contributed by atoms with Crippen LogP contribution >= 0.6 is 11.6 Å². The molecule has 0 saturated heterocycles. The van der Waals surface area contributed by atoms with Gasteiger partial charge >= 0.3 is 0 Å². The summed E-state index contributed by atoms with van der Waals surface area (Å²) in [6.07, 6.45) is 2.69. The monoisotopic (exact) mass is 227 g/mol. The van der Waals surface area contributed by atoms with Gasteiger partial charge in [-0.2, -0.15) is 0 Å². The highest BCUT2D eigenvalue weighted by Gasteiger charge is 2.39. The molecule has 2 rings (SSSR count). The van der Waals surface area contributed by atoms with Crippen LogP contribution in [0.5, 0.6) is 11.5 Å². The van der Waals surface area contributed by atoms with Crippen molar-refractivity contribution in [3.05, 3.63) is 22.2 Å². The van der Waals surface area contributed by atoms with Gasteiger partial charge in [-0.3, -0.25) is 0 Å². The Morgan fingerprint density at radius 1 is 1.40 bits per heavy atom. The van der Waals surface area contributed by atoms with Gasteiger partial charge in [0.1, 0.15) is 0 Å². The molecule has 4 heteroatoms. The molecule has 1 aromatic carbocycles. The van der Waals surface area contributed by atoms with Gasteiger partial charge in [0.2, 0.25) is 0 Å². The van der Waals surface area contributed by atoms with Crippen molar-refractivity contribution in [2.24, 2.45) is 5.73 Å². The minimum atomic E-state index is -0.517. The number of nitrogens with two attached hydrogens (primary N) is 1. The number of benzene rings is 1. The summed E-state index contributed by atoms with van der Waals surface area (Å²) in [6.45, 7) is 1.81. The molecular formula is C11H14ClNO2. The van der Waals surface area contributed by atoms with E-state index in [-0.39, 0.29) is 11.5 Å². The zero-order chi connectivity index (χ0) is 11.2. The lowest BCUT2D eigenvalue weighted by molar-refractivity contribution is 0.242. The van der Waals surface area contributed by atoms with E-state index in [2.05, 4.69) is 0 Å². The molecule has 15 heavy (non-hydrogen) atoms. The molecule has 0 unspecified atom stereocenters. The molecule has 1 aliphatic rings. The molecule has 1 aliphatic carbocycles. The third kappa shape index (κ3) is 1.46. The number of hydrogen-bond acceptors (Lipinski definition) is 3. The van der Waals surface area contributed by atoms with Crippen molar-refractivity contribution in [2.75, 3.05) is 0 Å². The number of aromatic hydroxyl groups is 2. The fraction of sp³-hybridized carbons (Fsp3) is 0.455. The molecule has 0 radical (unpaired) electrons. The SMILES string of the molecule is Cc1c(Cl)cc(O)c(O)c1C1(N)CCC1. The molecule has 4 N–H and O–H groups in total. The van der Waals surface area contributed by atoms with Crippen LogP contribution in [0.15, 0.2) is 6.07 Å². The molecule has 82 valence electrons. The van der Waals surface area contributed by atoms with Crippen LogP contribution in [-0.4, -0.2) is 10.2 Å². The first kappa shape index (κ1) is 10.6. The molecule has 3 nitrogen and oxygen atoms in total. The van der Waals surface area contributed by atoms with E-state index < -0.39 is 5.54 Å². The van der Waals surface area contributed by atoms with Crippen LogP contribution in [0.3, 0.4) is 0 Å². The highest BCUT2D eigenvalue weighted by molar-refractivity contribution is 6.31. The maximum Gasteiger partial charge on any atom is 0.162 e. The summed E-state index contributed by atoms with van der Waals surface area (Å²) in [5.41, 5.74) is 6.97. The summed E-state index contributed by atoms with van der Waals surface area (Å²) < 4.78 is 0. The number of halogens is 1. The van der Waals surface area contributed by atoms with E-state index in [1.54, 1.807) is 0 Å². The second-order valence-electron chi connectivity index (χ2n) is 4.24. The minimum absolute atomic E-state index is 0.126. The molecule has 1 saturated carbocycles. The largest absolute Gasteiger partial charge is 0.504 e. The first-order valence-electron chi connectivity index (χ1n) is 4.96. The van der Waals surface area contributed by atoms with Crippen LogP contribution in [0, 0.1) is 6.92 Å². The number of phenols is 2. The third-order valence-corrected chi connectivity index (χ3v) is 3.61. The standard InChI is InChI=1S/C11H14ClNO2/c1-6-7(12)5-8(14)10(15)9(6)11(13)3-2-4-11/h5,14-15H,2-4,13H2,1H3. The summed E-state index contributed by atoms with van der Waals surface area (Å²) in [4.78, 5) is 0. The van der Waals surface area contributed by atoms with Crippen molar-refractivity contribution >= 4 is 11.6 Å². The fourth-order valence-electron chi connectivity index (χ4n) is 2.14. The Bertz CT molecular complexity index is 387. The number of hydrogen-bond donors (Lipinski definition) is 3. The lowest BCUT2D eigenvalue weighted by Crippen LogP contribution is -2.43. The summed E-state index contributed by atoms with van der Waals surface area (Å²) in [5, 5.41) is 19.8. The summed E-state index contributed by atoms with van der Waals surface area (Å²) in [7, 11) is 0. The average molecular weight is 228 g/mol. The summed E-state index contributed by atoms with van der Waals surface area (Å²) in [5.74, 6) is -0.323. The van der Waals surface area contributed by atoms with E-state index >= 15 is 0 Å². The lowest BCUT2D eigenvalue weighted by atomic mass is 9.71. The second-order valence-corrected chi connectivity index (χ2v) is 4.64. The van der Waals surface area contributed by atoms with Crippen LogP contribution in [0.25, 0.3) is 0 Å². The quantitative estimate of drug-likeness (QED) is 0.646. The maximum atomic E-state index is 9.81. The van der Waals surface area contributed by atoms with Gasteiger partial charge in [0.15, 0.2) is 11.5 Å². The van der Waals surface area contributed by atoms with E-state index in [1.165, 1.54) is 6.07 Å². The molecule has 0 aliphatic heterocycles. The smallest absolute Gasteiger partial charge is 0.162 e. The Hall–Kier alpha value is -0.930. The number of phenolic OH excluding ortho intramolecular Hbond substituents is 2.